The van der Waals surface area contributed by atoms with Gasteiger partial charge in [-0.2, -0.15) is 0 Å². The molecule has 1 aromatic rings. The van der Waals surface area contributed by atoms with E-state index in [1.807, 2.05) is 12.1 Å². The normalized spacial score (nSPS) is 34.9. The van der Waals surface area contributed by atoms with Crippen LogP contribution in [0, 0.1) is 16.0 Å². The fourth-order valence-electron chi connectivity index (χ4n) is 5.30. The lowest BCUT2D eigenvalue weighted by molar-refractivity contribution is -0.385. The minimum atomic E-state index is -0.240. The van der Waals surface area contributed by atoms with E-state index in [-0.39, 0.29) is 16.0 Å². The van der Waals surface area contributed by atoms with Crippen LogP contribution in [-0.2, 0) is 11.8 Å². The molecule has 0 N–H and O–H groups in total. The fraction of sp³-hybridized carbons (Fsp3) is 0.647. The number of non-ortho nitro benzene ring substituents is 1. The highest BCUT2D eigenvalue weighted by Gasteiger charge is 2.53. The van der Waals surface area contributed by atoms with E-state index < -0.39 is 0 Å². The fourth-order valence-corrected chi connectivity index (χ4v) is 5.30. The van der Waals surface area contributed by atoms with Gasteiger partial charge in [-0.05, 0) is 56.3 Å². The molecule has 0 spiro atoms. The molecule has 2 bridgehead atoms. The molecule has 2 aliphatic carbocycles. The SMILES string of the molecule is CN1CC[C@]23CCCC[C@H]2[C@H]1Cc1ccc([N+](=O)[O-])cc13. The van der Waals surface area contributed by atoms with Gasteiger partial charge in [-0.25, -0.2) is 0 Å². The van der Waals surface area contributed by atoms with Gasteiger partial charge < -0.3 is 4.90 Å². The Balaban J connectivity index is 1.89. The average Bonchev–Trinajstić information content (AvgIpc) is 2.50. The number of nitro benzene ring substituents is 1. The molecule has 0 unspecified atom stereocenters. The molecule has 112 valence electrons. The summed E-state index contributed by atoms with van der Waals surface area (Å²) < 4.78 is 0. The molecule has 1 saturated heterocycles. The zero-order valence-corrected chi connectivity index (χ0v) is 12.5. The van der Waals surface area contributed by atoms with E-state index in [0.717, 1.165) is 13.0 Å². The third-order valence-corrected chi connectivity index (χ3v) is 6.31. The van der Waals surface area contributed by atoms with Gasteiger partial charge in [0.1, 0.15) is 0 Å². The lowest BCUT2D eigenvalue weighted by Crippen LogP contribution is -2.59. The van der Waals surface area contributed by atoms with Gasteiger partial charge in [0.15, 0.2) is 0 Å². The van der Waals surface area contributed by atoms with Crippen LogP contribution in [0.15, 0.2) is 18.2 Å². The van der Waals surface area contributed by atoms with Crippen LogP contribution in [0.4, 0.5) is 5.69 Å². The highest BCUT2D eigenvalue weighted by Crippen LogP contribution is 2.55. The molecule has 0 amide bonds. The van der Waals surface area contributed by atoms with Gasteiger partial charge >= 0.3 is 0 Å². The third-order valence-electron chi connectivity index (χ3n) is 6.31. The predicted octanol–water partition coefficient (Wildman–Crippen LogP) is 3.28. The zero-order chi connectivity index (χ0) is 14.6. The molecule has 4 rings (SSSR count). The van der Waals surface area contributed by atoms with Crippen LogP contribution in [0.1, 0.15) is 43.2 Å². The summed E-state index contributed by atoms with van der Waals surface area (Å²) in [5.74, 6) is 0.694. The van der Waals surface area contributed by atoms with Crippen molar-refractivity contribution in [2.45, 2.75) is 50.0 Å². The van der Waals surface area contributed by atoms with E-state index in [2.05, 4.69) is 11.9 Å². The Labute approximate surface area is 125 Å². The lowest BCUT2D eigenvalue weighted by atomic mass is 9.52. The lowest BCUT2D eigenvalue weighted by Gasteiger charge is -2.58. The second-order valence-corrected chi connectivity index (χ2v) is 7.11. The molecule has 0 radical (unpaired) electrons. The Kier molecular flexibility index (Phi) is 2.86. The van der Waals surface area contributed by atoms with Crippen LogP contribution in [0.3, 0.4) is 0 Å². The molecule has 4 nitrogen and oxygen atoms in total. The first-order valence-corrected chi connectivity index (χ1v) is 8.10. The summed E-state index contributed by atoms with van der Waals surface area (Å²) in [7, 11) is 2.25. The minimum Gasteiger partial charge on any atom is -0.303 e. The first kappa shape index (κ1) is 13.3. The van der Waals surface area contributed by atoms with Crippen molar-refractivity contribution in [1.29, 1.82) is 0 Å². The van der Waals surface area contributed by atoms with Gasteiger partial charge in [0.05, 0.1) is 4.92 Å². The largest absolute Gasteiger partial charge is 0.303 e. The molecule has 1 saturated carbocycles. The topological polar surface area (TPSA) is 46.4 Å². The standard InChI is InChI=1S/C17H22N2O2/c1-18-9-8-17-7-3-2-4-14(17)16(18)10-12-5-6-13(19(20)21)11-15(12)17/h5-6,11,14,16H,2-4,7-10H2,1H3/t14-,16+,17+/m0/s1. The highest BCUT2D eigenvalue weighted by atomic mass is 16.6. The molecule has 2 fully saturated rings. The van der Waals surface area contributed by atoms with Crippen molar-refractivity contribution in [2.75, 3.05) is 13.6 Å². The number of hydrogen-bond acceptors (Lipinski definition) is 3. The number of fused-ring (bicyclic) bond motifs is 1. The molecule has 4 heteroatoms. The second-order valence-electron chi connectivity index (χ2n) is 7.11. The number of piperidine rings is 1. The van der Waals surface area contributed by atoms with Crippen molar-refractivity contribution >= 4 is 5.69 Å². The molecular weight excluding hydrogens is 264 g/mol. The molecular formula is C17H22N2O2. The maximum atomic E-state index is 11.2. The molecule has 1 heterocycles. The van der Waals surface area contributed by atoms with Crippen LogP contribution < -0.4 is 0 Å². The van der Waals surface area contributed by atoms with E-state index in [0.29, 0.717) is 12.0 Å². The Morgan fingerprint density at radius 1 is 1.33 bits per heavy atom. The molecule has 21 heavy (non-hydrogen) atoms. The zero-order valence-electron chi connectivity index (χ0n) is 12.5. The first-order valence-electron chi connectivity index (χ1n) is 8.10. The average molecular weight is 286 g/mol. The van der Waals surface area contributed by atoms with Crippen LogP contribution in [0.2, 0.25) is 0 Å². The van der Waals surface area contributed by atoms with Gasteiger partial charge in [0, 0.05) is 23.6 Å². The van der Waals surface area contributed by atoms with Crippen LogP contribution in [-0.4, -0.2) is 29.5 Å². The Morgan fingerprint density at radius 3 is 3.00 bits per heavy atom. The van der Waals surface area contributed by atoms with Crippen molar-refractivity contribution < 1.29 is 4.92 Å². The van der Waals surface area contributed by atoms with Crippen molar-refractivity contribution in [3.05, 3.63) is 39.4 Å². The smallest absolute Gasteiger partial charge is 0.269 e. The number of hydrogen-bond donors (Lipinski definition) is 0. The van der Waals surface area contributed by atoms with Crippen molar-refractivity contribution in [2.24, 2.45) is 5.92 Å². The van der Waals surface area contributed by atoms with Crippen molar-refractivity contribution in [1.82, 2.24) is 4.90 Å². The number of likely N-dealkylation sites (N-methyl/N-ethyl adjacent to an activating group) is 1. The quantitative estimate of drug-likeness (QED) is 0.588. The number of nitrogens with zero attached hydrogens (tertiary/aromatic N) is 2. The molecule has 3 atom stereocenters. The maximum absolute atomic E-state index is 11.2. The summed E-state index contributed by atoms with van der Waals surface area (Å²) in [6, 6.07) is 6.24. The van der Waals surface area contributed by atoms with Gasteiger partial charge in [-0.1, -0.05) is 18.9 Å². The molecule has 0 aromatic heterocycles. The monoisotopic (exact) mass is 286 g/mol. The van der Waals surface area contributed by atoms with E-state index >= 15 is 0 Å². The summed E-state index contributed by atoms with van der Waals surface area (Å²) >= 11 is 0. The Hall–Kier alpha value is -1.42. The summed E-state index contributed by atoms with van der Waals surface area (Å²) in [5, 5.41) is 11.2. The van der Waals surface area contributed by atoms with Crippen LogP contribution in [0.5, 0.6) is 0 Å². The van der Waals surface area contributed by atoms with Gasteiger partial charge in [-0.3, -0.25) is 10.1 Å². The van der Waals surface area contributed by atoms with Gasteiger partial charge in [0.2, 0.25) is 0 Å². The molecule has 1 aromatic carbocycles. The second kappa shape index (κ2) is 4.54. The summed E-state index contributed by atoms with van der Waals surface area (Å²) in [6.07, 6.45) is 7.33. The number of rotatable bonds is 1. The molecule has 3 aliphatic rings. The van der Waals surface area contributed by atoms with Crippen LogP contribution in [0.25, 0.3) is 0 Å². The Bertz CT molecular complexity index is 600. The highest BCUT2D eigenvalue weighted by molar-refractivity contribution is 5.48. The first-order chi connectivity index (χ1) is 10.1. The number of nitro groups is 1. The van der Waals surface area contributed by atoms with Gasteiger partial charge in [-0.15, -0.1) is 0 Å². The maximum Gasteiger partial charge on any atom is 0.269 e. The Morgan fingerprint density at radius 2 is 2.19 bits per heavy atom. The van der Waals surface area contributed by atoms with E-state index in [1.54, 1.807) is 6.07 Å². The van der Waals surface area contributed by atoms with E-state index in [4.69, 9.17) is 0 Å². The molecule has 1 aliphatic heterocycles. The summed E-state index contributed by atoms with van der Waals surface area (Å²) in [4.78, 5) is 13.5. The van der Waals surface area contributed by atoms with Crippen molar-refractivity contribution in [3.63, 3.8) is 0 Å². The minimum absolute atomic E-state index is 0.217. The summed E-state index contributed by atoms with van der Waals surface area (Å²) in [5.41, 5.74) is 3.15. The number of likely N-dealkylation sites (tertiary alicyclic amines) is 1. The third kappa shape index (κ3) is 1.78. The van der Waals surface area contributed by atoms with Gasteiger partial charge in [0.25, 0.3) is 5.69 Å². The van der Waals surface area contributed by atoms with E-state index in [9.17, 15) is 10.1 Å². The summed E-state index contributed by atoms with van der Waals surface area (Å²) in [6.45, 7) is 1.13. The van der Waals surface area contributed by atoms with Crippen LogP contribution >= 0.6 is 0 Å². The number of benzene rings is 1. The van der Waals surface area contributed by atoms with E-state index in [1.165, 1.54) is 43.2 Å². The predicted molar refractivity (Wildman–Crippen MR) is 81.5 cm³/mol. The van der Waals surface area contributed by atoms with Crippen molar-refractivity contribution in [3.8, 4) is 0 Å².